The maximum absolute atomic E-state index is 13.3. The summed E-state index contributed by atoms with van der Waals surface area (Å²) in [7, 11) is 0. The topological polar surface area (TPSA) is 117 Å². The number of hydrogen-bond donors (Lipinski definition) is 3. The van der Waals surface area contributed by atoms with Crippen molar-refractivity contribution in [3.8, 4) is 17.1 Å². The molecule has 3 aromatic rings. The van der Waals surface area contributed by atoms with Crippen molar-refractivity contribution in [2.45, 2.75) is 12.5 Å². The second-order valence-electron chi connectivity index (χ2n) is 6.95. The van der Waals surface area contributed by atoms with Gasteiger partial charge in [0.2, 0.25) is 0 Å². The fraction of sp³-hybridized carbons (Fsp3) is 0.238. The van der Waals surface area contributed by atoms with E-state index in [9.17, 15) is 14.3 Å². The van der Waals surface area contributed by atoms with Crippen molar-refractivity contribution in [3.05, 3.63) is 52.2 Å². The number of fused-ring (bicyclic) bond motifs is 1. The van der Waals surface area contributed by atoms with Crippen LogP contribution in [0.25, 0.3) is 11.4 Å². The molecule has 32 heavy (non-hydrogen) atoms. The average Bonchev–Trinajstić information content (AvgIpc) is 3.27. The van der Waals surface area contributed by atoms with Crippen molar-refractivity contribution >= 4 is 45.3 Å². The molecule has 0 saturated carbocycles. The summed E-state index contributed by atoms with van der Waals surface area (Å²) in [4.78, 5) is 26.1. The van der Waals surface area contributed by atoms with Crippen LogP contribution in [0.1, 0.15) is 16.8 Å². The van der Waals surface area contributed by atoms with Gasteiger partial charge in [0.1, 0.15) is 35.2 Å². The van der Waals surface area contributed by atoms with Crippen molar-refractivity contribution < 1.29 is 24.1 Å². The third-order valence-corrected chi connectivity index (χ3v) is 5.69. The molecule has 0 radical (unpaired) electrons. The number of Topliss-reactive ketones (excluding diaryl/α,β-unsaturated/α-hetero) is 1. The number of anilines is 1. The van der Waals surface area contributed by atoms with E-state index in [4.69, 9.17) is 21.4 Å². The Labute approximate surface area is 191 Å². The number of aliphatic imine (C=N–C) groups is 1. The van der Waals surface area contributed by atoms with E-state index in [1.807, 2.05) is 0 Å². The Hall–Kier alpha value is -2.92. The zero-order valence-electron chi connectivity index (χ0n) is 16.6. The zero-order valence-corrected chi connectivity index (χ0v) is 18.2. The summed E-state index contributed by atoms with van der Waals surface area (Å²) in [6, 6.07) is 5.63. The molecule has 1 atom stereocenters. The number of carbonyl (C=O) groups is 1. The van der Waals surface area contributed by atoms with Crippen molar-refractivity contribution in [2.75, 3.05) is 25.1 Å². The summed E-state index contributed by atoms with van der Waals surface area (Å²) in [6.07, 6.45) is 0.727. The van der Waals surface area contributed by atoms with Gasteiger partial charge >= 0.3 is 0 Å². The Kier molecular flexibility index (Phi) is 6.75. The number of benzene rings is 1. The van der Waals surface area contributed by atoms with Gasteiger partial charge in [-0.1, -0.05) is 11.6 Å². The number of pyridine rings is 1. The first-order valence-electron chi connectivity index (χ1n) is 9.59. The van der Waals surface area contributed by atoms with E-state index in [0.29, 0.717) is 39.2 Å². The number of carbonyl (C=O) groups excluding carboxylic acids is 1. The summed E-state index contributed by atoms with van der Waals surface area (Å²) in [5, 5.41) is 23.6. The number of ether oxygens (including phenoxy) is 1. The van der Waals surface area contributed by atoms with Gasteiger partial charge in [-0.15, -0.1) is 11.3 Å². The molecule has 166 valence electrons. The van der Waals surface area contributed by atoms with E-state index in [-0.39, 0.29) is 37.0 Å². The largest absolute Gasteiger partial charge is 0.488 e. The fourth-order valence-corrected chi connectivity index (χ4v) is 3.88. The number of halogens is 2. The number of aliphatic hydroxyl groups excluding tert-OH is 2. The Bertz CT molecular complexity index is 1190. The summed E-state index contributed by atoms with van der Waals surface area (Å²) in [5.41, 5.74) is 2.33. The highest BCUT2D eigenvalue weighted by atomic mass is 35.5. The van der Waals surface area contributed by atoms with Gasteiger partial charge in [-0.3, -0.25) is 14.8 Å². The summed E-state index contributed by atoms with van der Waals surface area (Å²) >= 11 is 7.08. The molecule has 11 heteroatoms. The van der Waals surface area contributed by atoms with Crippen LogP contribution < -0.4 is 10.1 Å². The van der Waals surface area contributed by atoms with E-state index >= 15 is 0 Å². The lowest BCUT2D eigenvalue weighted by Crippen LogP contribution is -2.22. The smallest absolute Gasteiger partial charge is 0.183 e. The van der Waals surface area contributed by atoms with Crippen LogP contribution in [0.15, 0.2) is 40.8 Å². The third-order valence-electron chi connectivity index (χ3n) is 4.60. The van der Waals surface area contributed by atoms with Crippen LogP contribution in [-0.2, 0) is 0 Å². The van der Waals surface area contributed by atoms with Gasteiger partial charge in [-0.05, 0) is 18.2 Å². The lowest BCUT2D eigenvalue weighted by molar-refractivity contribution is 0.0998. The molecule has 0 fully saturated rings. The third kappa shape index (κ3) is 4.94. The Morgan fingerprint density at radius 1 is 1.34 bits per heavy atom. The molecule has 3 N–H and O–H groups in total. The van der Waals surface area contributed by atoms with E-state index in [1.165, 1.54) is 35.7 Å². The molecule has 1 unspecified atom stereocenters. The van der Waals surface area contributed by atoms with Crippen LogP contribution in [0.5, 0.6) is 5.75 Å². The monoisotopic (exact) mass is 476 g/mol. The molecule has 1 aromatic carbocycles. The highest BCUT2D eigenvalue weighted by Gasteiger charge is 2.25. The number of aliphatic hydroxyl groups is 2. The van der Waals surface area contributed by atoms with E-state index in [1.54, 1.807) is 11.4 Å². The number of nitrogens with one attached hydrogen (secondary N) is 1. The van der Waals surface area contributed by atoms with E-state index < -0.39 is 11.9 Å². The molecule has 0 aliphatic carbocycles. The van der Waals surface area contributed by atoms with Crippen LogP contribution in [0.4, 0.5) is 15.2 Å². The highest BCUT2D eigenvalue weighted by Crippen LogP contribution is 2.36. The molecule has 0 saturated heterocycles. The molecule has 8 nitrogen and oxygen atoms in total. The first-order valence-corrected chi connectivity index (χ1v) is 10.9. The van der Waals surface area contributed by atoms with Crippen molar-refractivity contribution in [1.29, 1.82) is 0 Å². The number of rotatable bonds is 8. The number of nitrogens with zero attached hydrogens (tertiary/aromatic N) is 3. The molecule has 0 spiro atoms. The minimum Gasteiger partial charge on any atom is -0.488 e. The number of ketones is 1. The van der Waals surface area contributed by atoms with Gasteiger partial charge in [-0.2, -0.15) is 0 Å². The molecule has 0 bridgehead atoms. The van der Waals surface area contributed by atoms with Crippen molar-refractivity contribution in [2.24, 2.45) is 4.99 Å². The maximum Gasteiger partial charge on any atom is 0.183 e. The number of aromatic nitrogens is 2. The van der Waals surface area contributed by atoms with Crippen LogP contribution in [0, 0.1) is 5.82 Å². The molecule has 1 aliphatic rings. The van der Waals surface area contributed by atoms with Crippen molar-refractivity contribution in [1.82, 2.24) is 9.97 Å². The molecule has 3 heterocycles. The van der Waals surface area contributed by atoms with Gasteiger partial charge in [0.05, 0.1) is 29.9 Å². The second kappa shape index (κ2) is 9.70. The second-order valence-corrected chi connectivity index (χ2v) is 8.22. The average molecular weight is 477 g/mol. The molecular formula is C21H18ClFN4O4S. The Balaban J connectivity index is 1.56. The lowest BCUT2D eigenvalue weighted by Gasteiger charge is -2.17. The predicted molar refractivity (Wildman–Crippen MR) is 120 cm³/mol. The summed E-state index contributed by atoms with van der Waals surface area (Å²) in [6.45, 7) is -0.176. The van der Waals surface area contributed by atoms with Gasteiger partial charge in [-0.25, -0.2) is 9.37 Å². The maximum atomic E-state index is 13.3. The van der Waals surface area contributed by atoms with Gasteiger partial charge in [0.25, 0.3) is 0 Å². The SMILES string of the molecule is O=C1CC(COc2ccc(F)c(Cl)c2)=Nc2c1ccnc2-c1csc(NCC(O)CO)n1. The van der Waals surface area contributed by atoms with Crippen LogP contribution in [0.2, 0.25) is 5.02 Å². The van der Waals surface area contributed by atoms with Crippen LogP contribution in [-0.4, -0.2) is 57.5 Å². The summed E-state index contributed by atoms with van der Waals surface area (Å²) < 4.78 is 19.0. The normalized spacial score (nSPS) is 14.0. The first-order chi connectivity index (χ1) is 15.4. The number of hydrogen-bond acceptors (Lipinski definition) is 9. The van der Waals surface area contributed by atoms with E-state index in [2.05, 4.69) is 20.3 Å². The van der Waals surface area contributed by atoms with Crippen molar-refractivity contribution in [3.63, 3.8) is 0 Å². The quantitative estimate of drug-likeness (QED) is 0.455. The van der Waals surface area contributed by atoms with Gasteiger partial charge in [0, 0.05) is 29.8 Å². The van der Waals surface area contributed by atoms with E-state index in [0.717, 1.165) is 0 Å². The minimum atomic E-state index is -0.897. The predicted octanol–water partition coefficient (Wildman–Crippen LogP) is 3.50. The highest BCUT2D eigenvalue weighted by molar-refractivity contribution is 7.14. The first kappa shape index (κ1) is 22.3. The standard InChI is InChI=1S/C21H18ClFN4O4S/c22-15-6-13(1-2-16(15)23)31-9-11-5-18(30)14-3-4-24-20(19(14)26-11)17-10-32-21(27-17)25-7-12(29)8-28/h1-4,6,10,12,28-29H,5,7-9H2,(H,25,27). The zero-order chi connectivity index (χ0) is 22.7. The van der Waals surface area contributed by atoms with Crippen LogP contribution >= 0.6 is 22.9 Å². The van der Waals surface area contributed by atoms with Crippen LogP contribution in [0.3, 0.4) is 0 Å². The molecule has 4 rings (SSSR count). The summed E-state index contributed by atoms with van der Waals surface area (Å²) in [5.74, 6) is -0.296. The van der Waals surface area contributed by atoms with Gasteiger partial charge < -0.3 is 20.3 Å². The molecule has 2 aromatic heterocycles. The molecule has 0 amide bonds. The number of thiazole rings is 1. The molecular weight excluding hydrogens is 459 g/mol. The Morgan fingerprint density at radius 3 is 2.97 bits per heavy atom. The Morgan fingerprint density at radius 2 is 2.19 bits per heavy atom. The fourth-order valence-electron chi connectivity index (χ4n) is 3.01. The molecule has 1 aliphatic heterocycles. The lowest BCUT2D eigenvalue weighted by atomic mass is 9.99. The van der Waals surface area contributed by atoms with Gasteiger partial charge in [0.15, 0.2) is 10.9 Å². The minimum absolute atomic E-state index is 0.0321.